The van der Waals surface area contributed by atoms with Gasteiger partial charge in [-0.05, 0) is 25.9 Å². The van der Waals surface area contributed by atoms with Gasteiger partial charge in [-0.2, -0.15) is 0 Å². The highest BCUT2D eigenvalue weighted by Gasteiger charge is 2.08. The first-order valence-corrected chi connectivity index (χ1v) is 4.27. The monoisotopic (exact) mass is 191 g/mol. The second-order valence-corrected chi connectivity index (χ2v) is 1.96. The molecule has 6 heteroatoms. The fourth-order valence-corrected chi connectivity index (χ4v) is 0.568. The van der Waals surface area contributed by atoms with Crippen LogP contribution < -0.4 is 5.73 Å². The van der Waals surface area contributed by atoms with Crippen LogP contribution in [0.25, 0.3) is 0 Å². The average molecular weight is 191 g/mol. The maximum Gasteiger partial charge on any atom is 0.284 e. The normalized spacial score (nSPS) is 11.5. The third kappa shape index (κ3) is 5.26. The summed E-state index contributed by atoms with van der Waals surface area (Å²) in [6, 6.07) is 0. The molecule has 0 fully saturated rings. The number of oxime groups is 1. The van der Waals surface area contributed by atoms with Crippen molar-refractivity contribution in [2.45, 2.75) is 20.8 Å². The van der Waals surface area contributed by atoms with Gasteiger partial charge in [0.05, 0.1) is 13.2 Å². The summed E-state index contributed by atoms with van der Waals surface area (Å²) in [5.74, 6) is 0.0468. The van der Waals surface area contributed by atoms with Crippen molar-refractivity contribution in [3.63, 3.8) is 0 Å². The van der Waals surface area contributed by atoms with Crippen LogP contribution >= 0.6 is 0 Å². The number of nitrogens with zero attached hydrogens (tertiary/aromatic N) is 2. The standard InChI is InChI=1S/C7H17N3O3/c1-4-11-9-7(8)10(12-5-2)13-6-3/h4-6H2,1-3H3,(H2,8,9). The first-order valence-electron chi connectivity index (χ1n) is 4.27. The topological polar surface area (TPSA) is 69.3 Å². The minimum atomic E-state index is 0.0468. The highest BCUT2D eigenvalue weighted by molar-refractivity contribution is 5.75. The summed E-state index contributed by atoms with van der Waals surface area (Å²) in [5, 5.41) is 4.59. The zero-order valence-electron chi connectivity index (χ0n) is 8.32. The van der Waals surface area contributed by atoms with E-state index < -0.39 is 0 Å². The lowest BCUT2D eigenvalue weighted by Crippen LogP contribution is -2.37. The average Bonchev–Trinajstić information content (AvgIpc) is 2.14. The lowest BCUT2D eigenvalue weighted by atomic mass is 10.9. The Hall–Kier alpha value is -1.01. The minimum absolute atomic E-state index is 0.0468. The molecule has 0 atom stereocenters. The number of nitrogens with two attached hydrogens (primary N) is 1. The van der Waals surface area contributed by atoms with Crippen LogP contribution in [0.2, 0.25) is 0 Å². The van der Waals surface area contributed by atoms with Gasteiger partial charge in [-0.3, -0.25) is 0 Å². The summed E-state index contributed by atoms with van der Waals surface area (Å²) in [5.41, 5.74) is 5.48. The Morgan fingerprint density at radius 2 is 1.69 bits per heavy atom. The lowest BCUT2D eigenvalue weighted by molar-refractivity contribution is -0.314. The third-order valence-electron chi connectivity index (χ3n) is 0.967. The molecule has 0 unspecified atom stereocenters. The van der Waals surface area contributed by atoms with Gasteiger partial charge in [0.1, 0.15) is 6.61 Å². The van der Waals surface area contributed by atoms with Crippen molar-refractivity contribution in [2.24, 2.45) is 10.9 Å². The second kappa shape index (κ2) is 7.63. The van der Waals surface area contributed by atoms with Gasteiger partial charge in [0.25, 0.3) is 5.96 Å². The summed E-state index contributed by atoms with van der Waals surface area (Å²) in [4.78, 5) is 14.8. The van der Waals surface area contributed by atoms with Crippen LogP contribution in [0.3, 0.4) is 0 Å². The summed E-state index contributed by atoms with van der Waals surface area (Å²) >= 11 is 0. The molecule has 2 N–H and O–H groups in total. The Balaban J connectivity index is 4.00. The van der Waals surface area contributed by atoms with Crippen LogP contribution in [0.15, 0.2) is 5.16 Å². The molecule has 0 heterocycles. The number of hydroxylamine groups is 2. The Kier molecular flexibility index (Phi) is 7.04. The van der Waals surface area contributed by atoms with Gasteiger partial charge >= 0.3 is 0 Å². The number of guanidine groups is 1. The molecular weight excluding hydrogens is 174 g/mol. The van der Waals surface area contributed by atoms with E-state index in [1.165, 1.54) is 0 Å². The molecule has 0 aromatic heterocycles. The van der Waals surface area contributed by atoms with Gasteiger partial charge < -0.3 is 10.6 Å². The molecule has 0 spiro atoms. The van der Waals surface area contributed by atoms with Crippen molar-refractivity contribution in [1.29, 1.82) is 0 Å². The fraction of sp³-hybridized carbons (Fsp3) is 0.857. The van der Waals surface area contributed by atoms with Crippen LogP contribution in [-0.2, 0) is 14.5 Å². The maximum absolute atomic E-state index is 5.48. The van der Waals surface area contributed by atoms with E-state index in [0.29, 0.717) is 19.8 Å². The molecule has 0 rings (SSSR count). The zero-order chi connectivity index (χ0) is 10.1. The van der Waals surface area contributed by atoms with Crippen molar-refractivity contribution in [3.8, 4) is 0 Å². The van der Waals surface area contributed by atoms with Crippen LogP contribution in [0.4, 0.5) is 0 Å². The highest BCUT2D eigenvalue weighted by Crippen LogP contribution is 1.92. The molecule has 0 amide bonds. The van der Waals surface area contributed by atoms with Gasteiger partial charge in [-0.1, -0.05) is 5.23 Å². The summed E-state index contributed by atoms with van der Waals surface area (Å²) in [7, 11) is 0. The summed E-state index contributed by atoms with van der Waals surface area (Å²) in [6.07, 6.45) is 0. The largest absolute Gasteiger partial charge is 0.393 e. The van der Waals surface area contributed by atoms with Crippen molar-refractivity contribution >= 4 is 5.96 Å². The molecule has 13 heavy (non-hydrogen) atoms. The van der Waals surface area contributed by atoms with E-state index in [0.717, 1.165) is 5.23 Å². The van der Waals surface area contributed by atoms with E-state index in [-0.39, 0.29) is 5.96 Å². The molecule has 0 aliphatic carbocycles. The van der Waals surface area contributed by atoms with E-state index in [1.54, 1.807) is 0 Å². The highest BCUT2D eigenvalue weighted by atomic mass is 17.0. The molecule has 0 aliphatic rings. The Morgan fingerprint density at radius 1 is 1.15 bits per heavy atom. The molecule has 0 aliphatic heterocycles. The maximum atomic E-state index is 5.48. The lowest BCUT2D eigenvalue weighted by Gasteiger charge is -2.18. The first-order chi connectivity index (χ1) is 6.26. The van der Waals surface area contributed by atoms with Crippen LogP contribution in [-0.4, -0.2) is 31.0 Å². The van der Waals surface area contributed by atoms with E-state index >= 15 is 0 Å². The van der Waals surface area contributed by atoms with E-state index in [9.17, 15) is 0 Å². The number of hydrogen-bond acceptors (Lipinski definition) is 4. The van der Waals surface area contributed by atoms with E-state index in [4.69, 9.17) is 20.2 Å². The molecule has 78 valence electrons. The predicted octanol–water partition coefficient (Wildman–Crippen LogP) is 0.458. The Bertz CT molecular complexity index is 146. The van der Waals surface area contributed by atoms with Crippen molar-refractivity contribution in [2.75, 3.05) is 19.8 Å². The first kappa shape index (κ1) is 12.0. The van der Waals surface area contributed by atoms with Gasteiger partial charge in [-0.15, -0.1) is 0 Å². The minimum Gasteiger partial charge on any atom is -0.393 e. The van der Waals surface area contributed by atoms with Gasteiger partial charge in [-0.25, -0.2) is 9.68 Å². The van der Waals surface area contributed by atoms with Crippen LogP contribution in [0.1, 0.15) is 20.8 Å². The smallest absolute Gasteiger partial charge is 0.284 e. The Morgan fingerprint density at radius 3 is 2.08 bits per heavy atom. The molecule has 0 aromatic carbocycles. The number of hydrogen-bond donors (Lipinski definition) is 1. The molecule has 0 bridgehead atoms. The van der Waals surface area contributed by atoms with E-state index in [1.807, 2.05) is 20.8 Å². The van der Waals surface area contributed by atoms with Gasteiger partial charge in [0.15, 0.2) is 0 Å². The van der Waals surface area contributed by atoms with Crippen molar-refractivity contribution < 1.29 is 14.5 Å². The molecule has 0 saturated heterocycles. The van der Waals surface area contributed by atoms with E-state index in [2.05, 4.69) is 5.16 Å². The SMILES string of the molecule is CCON=C(N)N(OCC)OCC. The fourth-order valence-electron chi connectivity index (χ4n) is 0.568. The Labute approximate surface area is 78.1 Å². The molecule has 0 saturated carbocycles. The van der Waals surface area contributed by atoms with Crippen molar-refractivity contribution in [1.82, 2.24) is 5.23 Å². The number of rotatable bonds is 6. The third-order valence-corrected chi connectivity index (χ3v) is 0.967. The molecule has 0 radical (unpaired) electrons. The quantitative estimate of drug-likeness (QED) is 0.375. The second-order valence-electron chi connectivity index (χ2n) is 1.96. The summed E-state index contributed by atoms with van der Waals surface area (Å²) in [6.45, 7) is 6.79. The summed E-state index contributed by atoms with van der Waals surface area (Å²) < 4.78 is 0. The molecule has 0 aromatic rings. The van der Waals surface area contributed by atoms with Gasteiger partial charge in [0, 0.05) is 0 Å². The molecule has 6 nitrogen and oxygen atoms in total. The predicted molar refractivity (Wildman–Crippen MR) is 48.3 cm³/mol. The van der Waals surface area contributed by atoms with Crippen LogP contribution in [0, 0.1) is 0 Å². The van der Waals surface area contributed by atoms with Gasteiger partial charge in [0.2, 0.25) is 0 Å². The zero-order valence-corrected chi connectivity index (χ0v) is 8.32. The molecular formula is C7H17N3O3. The van der Waals surface area contributed by atoms with Crippen molar-refractivity contribution in [3.05, 3.63) is 0 Å². The van der Waals surface area contributed by atoms with Crippen LogP contribution in [0.5, 0.6) is 0 Å².